The van der Waals surface area contributed by atoms with Gasteiger partial charge in [-0.1, -0.05) is 17.4 Å². The van der Waals surface area contributed by atoms with Crippen LogP contribution >= 0.6 is 12.2 Å². The number of allylic oxidation sites excluding steroid dienone is 1. The van der Waals surface area contributed by atoms with E-state index in [1.807, 2.05) is 0 Å². The van der Waals surface area contributed by atoms with Crippen LogP contribution in [-0.4, -0.2) is 26.2 Å². The molecule has 8 heteroatoms. The topological polar surface area (TPSA) is 105 Å². The van der Waals surface area contributed by atoms with Crippen LogP contribution in [0.1, 0.15) is 5.56 Å². The van der Waals surface area contributed by atoms with Crippen molar-refractivity contribution >= 4 is 35.1 Å². The van der Waals surface area contributed by atoms with E-state index in [0.717, 1.165) is 12.1 Å². The second-order valence-electron chi connectivity index (χ2n) is 3.36. The summed E-state index contributed by atoms with van der Waals surface area (Å²) in [5.74, 6) is -1.14. The van der Waals surface area contributed by atoms with Crippen molar-refractivity contribution in [3.05, 3.63) is 33.6 Å². The predicted octanol–water partition coefficient (Wildman–Crippen LogP) is 1.73. The number of rotatable bonds is 2. The van der Waals surface area contributed by atoms with Crippen molar-refractivity contribution in [1.82, 2.24) is 0 Å². The molecule has 92 valence electrons. The molecule has 18 heavy (non-hydrogen) atoms. The van der Waals surface area contributed by atoms with Crippen LogP contribution in [0.15, 0.2) is 23.0 Å². The number of phenolic OH excluding ortho intramolecular Hbond substituents is 2. The number of nitro groups is 1. The molecule has 0 unspecified atom stereocenters. The fraction of sp³-hybridized carbons (Fsp3) is 0. The SMILES string of the molecule is O=[N+]([O-])c1cc(/C=C2\ON=CC2=S)cc(O)c1O. The van der Waals surface area contributed by atoms with Crippen molar-refractivity contribution in [2.75, 3.05) is 0 Å². The molecule has 0 aromatic heterocycles. The fourth-order valence-corrected chi connectivity index (χ4v) is 1.48. The molecule has 2 rings (SSSR count). The molecule has 1 aliphatic rings. The van der Waals surface area contributed by atoms with Crippen molar-refractivity contribution in [2.45, 2.75) is 0 Å². The maximum atomic E-state index is 10.7. The zero-order valence-corrected chi connectivity index (χ0v) is 9.55. The second-order valence-corrected chi connectivity index (χ2v) is 3.80. The quantitative estimate of drug-likeness (QED) is 0.277. The van der Waals surface area contributed by atoms with Crippen LogP contribution in [-0.2, 0) is 4.84 Å². The molecule has 0 aliphatic carbocycles. The highest BCUT2D eigenvalue weighted by Crippen LogP contribution is 2.36. The summed E-state index contributed by atoms with van der Waals surface area (Å²) in [6.07, 6.45) is 2.69. The van der Waals surface area contributed by atoms with Gasteiger partial charge in [0.25, 0.3) is 0 Å². The Labute approximate surface area is 106 Å². The average molecular weight is 266 g/mol. The van der Waals surface area contributed by atoms with Crippen LogP contribution in [0, 0.1) is 10.1 Å². The molecular formula is C10H6N2O5S. The standard InChI is InChI=1S/C10H6N2O5S/c13-7-2-5(1-6(10(7)14)12(15)16)3-8-9(18)4-11-17-8/h1-4,13-14H/b8-3-. The van der Waals surface area contributed by atoms with E-state index in [0.29, 0.717) is 4.86 Å². The number of hydrogen-bond donors (Lipinski definition) is 2. The van der Waals surface area contributed by atoms with Gasteiger partial charge in [-0.2, -0.15) is 0 Å². The van der Waals surface area contributed by atoms with Gasteiger partial charge in [-0.25, -0.2) is 0 Å². The Morgan fingerprint density at radius 1 is 1.44 bits per heavy atom. The third-order valence-corrected chi connectivity index (χ3v) is 2.46. The maximum Gasteiger partial charge on any atom is 0.315 e. The lowest BCUT2D eigenvalue weighted by Gasteiger charge is -2.02. The smallest absolute Gasteiger partial charge is 0.315 e. The molecule has 1 heterocycles. The van der Waals surface area contributed by atoms with Gasteiger partial charge in [-0.3, -0.25) is 10.1 Å². The normalized spacial score (nSPS) is 16.0. The molecule has 0 spiro atoms. The van der Waals surface area contributed by atoms with E-state index in [9.17, 15) is 20.3 Å². The summed E-state index contributed by atoms with van der Waals surface area (Å²) in [5, 5.41) is 32.8. The molecule has 0 amide bonds. The fourth-order valence-electron chi connectivity index (χ4n) is 1.34. The zero-order chi connectivity index (χ0) is 13.3. The van der Waals surface area contributed by atoms with Gasteiger partial charge in [0.2, 0.25) is 5.75 Å². The molecule has 0 saturated heterocycles. The molecule has 2 N–H and O–H groups in total. The molecule has 0 saturated carbocycles. The van der Waals surface area contributed by atoms with Crippen LogP contribution in [0.25, 0.3) is 6.08 Å². The Kier molecular flexibility index (Phi) is 2.94. The minimum atomic E-state index is -0.804. The second kappa shape index (κ2) is 4.41. The van der Waals surface area contributed by atoms with Crippen LogP contribution in [0.4, 0.5) is 5.69 Å². The molecule has 0 fully saturated rings. The lowest BCUT2D eigenvalue weighted by molar-refractivity contribution is -0.386. The lowest BCUT2D eigenvalue weighted by atomic mass is 10.1. The number of hydrogen-bond acceptors (Lipinski definition) is 7. The van der Waals surface area contributed by atoms with E-state index in [2.05, 4.69) is 5.16 Å². The minimum absolute atomic E-state index is 0.240. The molecule has 0 radical (unpaired) electrons. The van der Waals surface area contributed by atoms with Crippen LogP contribution < -0.4 is 0 Å². The zero-order valence-electron chi connectivity index (χ0n) is 8.73. The van der Waals surface area contributed by atoms with E-state index in [4.69, 9.17) is 17.1 Å². The summed E-state index contributed by atoms with van der Waals surface area (Å²) in [7, 11) is 0. The highest BCUT2D eigenvalue weighted by Gasteiger charge is 2.19. The lowest BCUT2D eigenvalue weighted by Crippen LogP contribution is -1.94. The molecular weight excluding hydrogens is 260 g/mol. The molecule has 1 aromatic carbocycles. The van der Waals surface area contributed by atoms with Crippen molar-refractivity contribution in [3.63, 3.8) is 0 Å². The Bertz CT molecular complexity index is 609. The van der Waals surface area contributed by atoms with E-state index in [1.54, 1.807) is 0 Å². The number of phenols is 2. The van der Waals surface area contributed by atoms with E-state index < -0.39 is 22.1 Å². The van der Waals surface area contributed by atoms with Crippen LogP contribution in [0.3, 0.4) is 0 Å². The first kappa shape index (κ1) is 12.0. The summed E-state index contributed by atoms with van der Waals surface area (Å²) in [6.45, 7) is 0. The number of nitrogens with zero attached hydrogens (tertiary/aromatic N) is 2. The van der Waals surface area contributed by atoms with Gasteiger partial charge >= 0.3 is 5.69 Å². The first-order valence-electron chi connectivity index (χ1n) is 4.66. The average Bonchev–Trinajstić information content (AvgIpc) is 2.69. The summed E-state index contributed by atoms with van der Waals surface area (Å²) < 4.78 is 0. The number of oxime groups is 1. The van der Waals surface area contributed by atoms with Gasteiger partial charge in [0.05, 0.1) is 11.1 Å². The highest BCUT2D eigenvalue weighted by molar-refractivity contribution is 7.82. The van der Waals surface area contributed by atoms with E-state index in [-0.39, 0.29) is 11.3 Å². The third kappa shape index (κ3) is 2.13. The van der Waals surface area contributed by atoms with E-state index >= 15 is 0 Å². The molecule has 7 nitrogen and oxygen atoms in total. The van der Waals surface area contributed by atoms with E-state index in [1.165, 1.54) is 12.3 Å². The first-order valence-corrected chi connectivity index (χ1v) is 5.06. The van der Waals surface area contributed by atoms with Gasteiger partial charge in [0, 0.05) is 6.07 Å². The van der Waals surface area contributed by atoms with Crippen molar-refractivity contribution in [2.24, 2.45) is 5.16 Å². The van der Waals surface area contributed by atoms with Gasteiger partial charge in [-0.05, 0) is 17.7 Å². The van der Waals surface area contributed by atoms with Gasteiger partial charge in [0.1, 0.15) is 4.86 Å². The van der Waals surface area contributed by atoms with Gasteiger partial charge in [0.15, 0.2) is 11.5 Å². The van der Waals surface area contributed by atoms with Crippen molar-refractivity contribution < 1.29 is 20.0 Å². The Morgan fingerprint density at radius 2 is 2.17 bits per heavy atom. The highest BCUT2D eigenvalue weighted by atomic mass is 32.1. The summed E-state index contributed by atoms with van der Waals surface area (Å²) in [5.41, 5.74) is -0.341. The van der Waals surface area contributed by atoms with Gasteiger partial charge in [-0.15, -0.1) is 0 Å². The summed E-state index contributed by atoms with van der Waals surface area (Å²) in [6, 6.07) is 2.24. The molecule has 0 atom stereocenters. The Balaban J connectivity index is 2.47. The monoisotopic (exact) mass is 266 g/mol. The third-order valence-electron chi connectivity index (χ3n) is 2.15. The number of thiocarbonyl (C=S) groups is 1. The number of benzene rings is 1. The van der Waals surface area contributed by atoms with Crippen LogP contribution in [0.5, 0.6) is 11.5 Å². The van der Waals surface area contributed by atoms with Gasteiger partial charge < -0.3 is 15.1 Å². The molecule has 1 aliphatic heterocycles. The number of nitro benzene ring substituents is 1. The Hall–Kier alpha value is -2.48. The summed E-state index contributed by atoms with van der Waals surface area (Å²) in [4.78, 5) is 15.0. The first-order chi connectivity index (χ1) is 8.49. The Morgan fingerprint density at radius 3 is 2.72 bits per heavy atom. The summed E-state index contributed by atoms with van der Waals surface area (Å²) >= 11 is 4.89. The largest absolute Gasteiger partial charge is 0.504 e. The molecule has 0 bridgehead atoms. The maximum absolute atomic E-state index is 10.7. The minimum Gasteiger partial charge on any atom is -0.504 e. The molecule has 1 aromatic rings. The van der Waals surface area contributed by atoms with Crippen molar-refractivity contribution in [1.29, 1.82) is 0 Å². The number of aromatic hydroxyl groups is 2. The van der Waals surface area contributed by atoms with Crippen LogP contribution in [0.2, 0.25) is 0 Å². The predicted molar refractivity (Wildman–Crippen MR) is 66.6 cm³/mol. The van der Waals surface area contributed by atoms with Crippen molar-refractivity contribution in [3.8, 4) is 11.5 Å².